The predicted octanol–water partition coefficient (Wildman–Crippen LogP) is 3.28. The van der Waals surface area contributed by atoms with Crippen molar-refractivity contribution in [3.8, 4) is 0 Å². The summed E-state index contributed by atoms with van der Waals surface area (Å²) in [5, 5.41) is 7.42. The van der Waals surface area contributed by atoms with Crippen molar-refractivity contribution in [2.24, 2.45) is 7.05 Å². The molecule has 0 aliphatic heterocycles. The number of nitrogens with zero attached hydrogens (tertiary/aromatic N) is 2. The van der Waals surface area contributed by atoms with Gasteiger partial charge in [-0.3, -0.25) is 4.68 Å². The van der Waals surface area contributed by atoms with Crippen LogP contribution in [0, 0.1) is 5.82 Å². The van der Waals surface area contributed by atoms with E-state index in [9.17, 15) is 4.39 Å². The molecule has 0 aliphatic rings. The van der Waals surface area contributed by atoms with Gasteiger partial charge in [-0.05, 0) is 35.1 Å². The zero-order valence-corrected chi connectivity index (χ0v) is 12.3. The molecule has 3 nitrogen and oxygen atoms in total. The van der Waals surface area contributed by atoms with Crippen molar-refractivity contribution in [3.05, 3.63) is 51.0 Å². The van der Waals surface area contributed by atoms with Gasteiger partial charge in [0.25, 0.3) is 0 Å². The van der Waals surface area contributed by atoms with E-state index in [4.69, 9.17) is 11.6 Å². The molecule has 2 aromatic rings. The zero-order chi connectivity index (χ0) is 13.3. The Balaban J connectivity index is 2.49. The lowest BCUT2D eigenvalue weighted by Gasteiger charge is -2.16. The molecule has 0 fully saturated rings. The minimum absolute atomic E-state index is 0.0867. The highest BCUT2D eigenvalue weighted by Gasteiger charge is 2.21. The van der Waals surface area contributed by atoms with E-state index in [0.717, 1.165) is 5.69 Å². The number of benzene rings is 1. The van der Waals surface area contributed by atoms with E-state index in [0.29, 0.717) is 10.0 Å². The molecule has 0 bridgehead atoms. The molecule has 0 saturated heterocycles. The Morgan fingerprint density at radius 3 is 2.72 bits per heavy atom. The topological polar surface area (TPSA) is 29.9 Å². The molecule has 1 unspecified atom stereocenters. The first-order valence-electron chi connectivity index (χ1n) is 5.34. The molecule has 0 saturated carbocycles. The summed E-state index contributed by atoms with van der Waals surface area (Å²) in [6.07, 6.45) is 1.82. The molecule has 0 aliphatic carbocycles. The maximum atomic E-state index is 14.2. The van der Waals surface area contributed by atoms with Crippen molar-refractivity contribution in [1.82, 2.24) is 15.1 Å². The minimum Gasteiger partial charge on any atom is -0.308 e. The highest BCUT2D eigenvalue weighted by Crippen LogP contribution is 2.32. The van der Waals surface area contributed by atoms with Crippen LogP contribution in [0.25, 0.3) is 0 Å². The van der Waals surface area contributed by atoms with E-state index < -0.39 is 5.82 Å². The molecule has 18 heavy (non-hydrogen) atoms. The fraction of sp³-hybridized carbons (Fsp3) is 0.250. The number of halogens is 3. The molecule has 1 atom stereocenters. The highest BCUT2D eigenvalue weighted by molar-refractivity contribution is 9.10. The monoisotopic (exact) mass is 331 g/mol. The van der Waals surface area contributed by atoms with Gasteiger partial charge in [0, 0.05) is 23.3 Å². The first-order valence-corrected chi connectivity index (χ1v) is 6.52. The third kappa shape index (κ3) is 2.43. The summed E-state index contributed by atoms with van der Waals surface area (Å²) in [5.41, 5.74) is 1.22. The van der Waals surface area contributed by atoms with Crippen LogP contribution in [-0.4, -0.2) is 16.8 Å². The van der Waals surface area contributed by atoms with Gasteiger partial charge in [0.05, 0.1) is 16.8 Å². The van der Waals surface area contributed by atoms with Gasteiger partial charge in [0.2, 0.25) is 0 Å². The standard InChI is InChI=1S/C12H12BrClFN3/c1-16-12(9-5-6-18(2)17-9)7-3-4-8(13)10(14)11(7)15/h3-6,12,16H,1-2H3. The molecular weight excluding hydrogens is 321 g/mol. The van der Waals surface area contributed by atoms with Crippen molar-refractivity contribution in [2.75, 3.05) is 7.05 Å². The second kappa shape index (κ2) is 5.38. The van der Waals surface area contributed by atoms with Crippen molar-refractivity contribution < 1.29 is 4.39 Å². The van der Waals surface area contributed by atoms with Gasteiger partial charge in [-0.25, -0.2) is 4.39 Å². The Kier molecular flexibility index (Phi) is 4.04. The van der Waals surface area contributed by atoms with Gasteiger partial charge < -0.3 is 5.32 Å². The second-order valence-electron chi connectivity index (χ2n) is 3.90. The molecule has 0 spiro atoms. The smallest absolute Gasteiger partial charge is 0.148 e. The average molecular weight is 333 g/mol. The number of hydrogen-bond donors (Lipinski definition) is 1. The Morgan fingerprint density at radius 2 is 2.17 bits per heavy atom. The molecule has 6 heteroatoms. The van der Waals surface area contributed by atoms with Crippen LogP contribution in [0.3, 0.4) is 0 Å². The molecule has 0 amide bonds. The molecule has 96 valence electrons. The molecule has 1 heterocycles. The number of rotatable bonds is 3. The van der Waals surface area contributed by atoms with Crippen LogP contribution in [0.1, 0.15) is 17.3 Å². The average Bonchev–Trinajstić information content (AvgIpc) is 2.77. The first-order chi connectivity index (χ1) is 8.54. The van der Waals surface area contributed by atoms with E-state index in [1.807, 2.05) is 19.3 Å². The lowest BCUT2D eigenvalue weighted by Crippen LogP contribution is -2.20. The zero-order valence-electron chi connectivity index (χ0n) is 9.92. The second-order valence-corrected chi connectivity index (χ2v) is 5.13. The Labute approximate surface area is 118 Å². The third-order valence-electron chi connectivity index (χ3n) is 2.69. The van der Waals surface area contributed by atoms with E-state index in [2.05, 4.69) is 26.3 Å². The van der Waals surface area contributed by atoms with Gasteiger partial charge in [0.15, 0.2) is 0 Å². The van der Waals surface area contributed by atoms with Crippen molar-refractivity contribution >= 4 is 27.5 Å². The van der Waals surface area contributed by atoms with Gasteiger partial charge in [-0.2, -0.15) is 5.10 Å². The van der Waals surface area contributed by atoms with Crippen molar-refractivity contribution in [3.63, 3.8) is 0 Å². The van der Waals surface area contributed by atoms with Crippen LogP contribution in [0.15, 0.2) is 28.9 Å². The molecule has 1 aromatic heterocycles. The summed E-state index contributed by atoms with van der Waals surface area (Å²) in [5.74, 6) is -0.434. The summed E-state index contributed by atoms with van der Waals surface area (Å²) in [4.78, 5) is 0. The van der Waals surface area contributed by atoms with Crippen LogP contribution in [-0.2, 0) is 7.05 Å². The van der Waals surface area contributed by atoms with Crippen LogP contribution in [0.4, 0.5) is 4.39 Å². The molecule has 1 N–H and O–H groups in total. The number of nitrogens with one attached hydrogen (secondary N) is 1. The van der Waals surface area contributed by atoms with Gasteiger partial charge >= 0.3 is 0 Å². The summed E-state index contributed by atoms with van der Waals surface area (Å²) in [6.45, 7) is 0. The SMILES string of the molecule is CNC(c1ccn(C)n1)c1ccc(Br)c(Cl)c1F. The molecule has 0 radical (unpaired) electrons. The Bertz CT molecular complexity index is 570. The molecule has 2 rings (SSSR count). The fourth-order valence-corrected chi connectivity index (χ4v) is 2.29. The lowest BCUT2D eigenvalue weighted by atomic mass is 10.0. The fourth-order valence-electron chi connectivity index (χ4n) is 1.81. The van der Waals surface area contributed by atoms with Crippen LogP contribution in [0.2, 0.25) is 5.02 Å². The first kappa shape index (κ1) is 13.5. The summed E-state index contributed by atoms with van der Waals surface area (Å²) < 4.78 is 16.4. The van der Waals surface area contributed by atoms with Crippen molar-refractivity contribution in [2.45, 2.75) is 6.04 Å². The Hall–Kier alpha value is -0.910. The van der Waals surface area contributed by atoms with Gasteiger partial charge in [-0.15, -0.1) is 0 Å². The predicted molar refractivity (Wildman–Crippen MR) is 73.2 cm³/mol. The van der Waals surface area contributed by atoms with Crippen LogP contribution < -0.4 is 5.32 Å². The van der Waals surface area contributed by atoms with Gasteiger partial charge in [0.1, 0.15) is 5.82 Å². The maximum absolute atomic E-state index is 14.2. The van der Waals surface area contributed by atoms with Crippen LogP contribution in [0.5, 0.6) is 0 Å². The molecule has 1 aromatic carbocycles. The quantitative estimate of drug-likeness (QED) is 0.874. The molecular formula is C12H12BrClFN3. The Morgan fingerprint density at radius 1 is 1.44 bits per heavy atom. The number of aromatic nitrogens is 2. The summed E-state index contributed by atoms with van der Waals surface area (Å²) in [7, 11) is 3.58. The van der Waals surface area contributed by atoms with E-state index >= 15 is 0 Å². The summed E-state index contributed by atoms with van der Waals surface area (Å²) in [6, 6.07) is 4.95. The maximum Gasteiger partial charge on any atom is 0.148 e. The number of aryl methyl sites for hydroxylation is 1. The highest BCUT2D eigenvalue weighted by atomic mass is 79.9. The van der Waals surface area contributed by atoms with Crippen LogP contribution >= 0.6 is 27.5 Å². The largest absolute Gasteiger partial charge is 0.308 e. The van der Waals surface area contributed by atoms with Gasteiger partial charge in [-0.1, -0.05) is 17.7 Å². The van der Waals surface area contributed by atoms with E-state index in [1.165, 1.54) is 0 Å². The van der Waals surface area contributed by atoms with Crippen molar-refractivity contribution in [1.29, 1.82) is 0 Å². The lowest BCUT2D eigenvalue weighted by molar-refractivity contribution is 0.565. The number of hydrogen-bond acceptors (Lipinski definition) is 2. The normalized spacial score (nSPS) is 12.7. The van der Waals surface area contributed by atoms with E-state index in [-0.39, 0.29) is 11.1 Å². The summed E-state index contributed by atoms with van der Waals surface area (Å²) >= 11 is 9.10. The van der Waals surface area contributed by atoms with E-state index in [1.54, 1.807) is 23.9 Å². The third-order valence-corrected chi connectivity index (χ3v) is 3.95. The minimum atomic E-state index is -0.434.